The van der Waals surface area contributed by atoms with E-state index in [1.807, 2.05) is 0 Å². The average molecular weight is 401 g/mol. The second-order valence-electron chi connectivity index (χ2n) is 6.06. The van der Waals surface area contributed by atoms with E-state index in [0.29, 0.717) is 22.5 Å². The third-order valence-electron chi connectivity index (χ3n) is 4.19. The molecule has 0 radical (unpaired) electrons. The number of nitrogens with zero attached hydrogens (tertiary/aromatic N) is 4. The third-order valence-corrected chi connectivity index (χ3v) is 4.51. The van der Waals surface area contributed by atoms with E-state index in [2.05, 4.69) is 15.1 Å². The monoisotopic (exact) mass is 400 g/mol. The molecule has 1 N–H and O–H groups in total. The summed E-state index contributed by atoms with van der Waals surface area (Å²) >= 11 is 6.04. The fourth-order valence-corrected chi connectivity index (χ4v) is 2.98. The lowest BCUT2D eigenvalue weighted by atomic mass is 10.1. The summed E-state index contributed by atoms with van der Waals surface area (Å²) in [7, 11) is 1.71. The van der Waals surface area contributed by atoms with Crippen LogP contribution >= 0.6 is 11.6 Å². The van der Waals surface area contributed by atoms with Crippen molar-refractivity contribution < 1.29 is 19.4 Å². The van der Waals surface area contributed by atoms with Gasteiger partial charge in [-0.05, 0) is 25.1 Å². The molecule has 0 fully saturated rings. The highest BCUT2D eigenvalue weighted by atomic mass is 35.5. The molecule has 9 heteroatoms. The number of esters is 1. The molecular formula is C19H17ClN4O4. The molecule has 0 bridgehead atoms. The number of aromatic carboxylic acids is 1. The van der Waals surface area contributed by atoms with Crippen molar-refractivity contribution in [3.8, 4) is 11.3 Å². The molecule has 3 aromatic rings. The van der Waals surface area contributed by atoms with Gasteiger partial charge < -0.3 is 9.84 Å². The van der Waals surface area contributed by atoms with Gasteiger partial charge in [-0.1, -0.05) is 17.7 Å². The molecule has 0 saturated heterocycles. The van der Waals surface area contributed by atoms with E-state index in [1.54, 1.807) is 49.2 Å². The SMILES string of the molecule is C[C@@H](OC(=O)Cc1c(-c2ccc(C(=O)O)cn2)cnn1C)c1cccnc1Cl. The van der Waals surface area contributed by atoms with Crippen LogP contribution in [-0.2, 0) is 23.0 Å². The molecule has 0 aliphatic heterocycles. The summed E-state index contributed by atoms with van der Waals surface area (Å²) in [6.07, 6.45) is 3.81. The Morgan fingerprint density at radius 3 is 2.68 bits per heavy atom. The van der Waals surface area contributed by atoms with Crippen LogP contribution in [0.25, 0.3) is 11.3 Å². The number of carbonyl (C=O) groups excluding carboxylic acids is 1. The van der Waals surface area contributed by atoms with Gasteiger partial charge in [0.25, 0.3) is 0 Å². The van der Waals surface area contributed by atoms with Crippen molar-refractivity contribution in [3.63, 3.8) is 0 Å². The summed E-state index contributed by atoms with van der Waals surface area (Å²) in [5.41, 5.74) is 2.45. The Hall–Kier alpha value is -3.26. The summed E-state index contributed by atoms with van der Waals surface area (Å²) in [5, 5.41) is 13.5. The first kappa shape index (κ1) is 19.5. The zero-order valence-corrected chi connectivity index (χ0v) is 15.9. The highest BCUT2D eigenvalue weighted by Gasteiger charge is 2.20. The van der Waals surface area contributed by atoms with Crippen molar-refractivity contribution in [2.24, 2.45) is 7.05 Å². The van der Waals surface area contributed by atoms with Crippen molar-refractivity contribution in [1.82, 2.24) is 19.7 Å². The fourth-order valence-electron chi connectivity index (χ4n) is 2.71. The van der Waals surface area contributed by atoms with E-state index < -0.39 is 18.0 Å². The molecule has 0 aromatic carbocycles. The predicted octanol–water partition coefficient (Wildman–Crippen LogP) is 3.08. The minimum Gasteiger partial charge on any atom is -0.478 e. The van der Waals surface area contributed by atoms with Crippen LogP contribution in [0.1, 0.15) is 34.6 Å². The highest BCUT2D eigenvalue weighted by Crippen LogP contribution is 2.25. The molecule has 8 nitrogen and oxygen atoms in total. The molecule has 0 amide bonds. The number of carboxylic acids is 1. The molecule has 0 aliphatic carbocycles. The Bertz CT molecular complexity index is 1020. The van der Waals surface area contributed by atoms with Crippen LogP contribution in [0.4, 0.5) is 0 Å². The maximum absolute atomic E-state index is 12.5. The Morgan fingerprint density at radius 1 is 1.25 bits per heavy atom. The molecule has 0 aliphatic rings. The predicted molar refractivity (Wildman–Crippen MR) is 101 cm³/mol. The molecule has 0 spiro atoms. The lowest BCUT2D eigenvalue weighted by Gasteiger charge is -2.15. The molecule has 0 saturated carbocycles. The van der Waals surface area contributed by atoms with Crippen LogP contribution in [0.5, 0.6) is 0 Å². The van der Waals surface area contributed by atoms with Gasteiger partial charge in [-0.2, -0.15) is 5.10 Å². The highest BCUT2D eigenvalue weighted by molar-refractivity contribution is 6.30. The average Bonchev–Trinajstić information content (AvgIpc) is 3.02. The van der Waals surface area contributed by atoms with Crippen LogP contribution < -0.4 is 0 Å². The van der Waals surface area contributed by atoms with Crippen molar-refractivity contribution >= 4 is 23.5 Å². The summed E-state index contributed by atoms with van der Waals surface area (Å²) < 4.78 is 7.05. The van der Waals surface area contributed by atoms with Crippen molar-refractivity contribution in [2.45, 2.75) is 19.4 Å². The maximum Gasteiger partial charge on any atom is 0.337 e. The number of carboxylic acid groups (broad SMARTS) is 1. The van der Waals surface area contributed by atoms with Crippen LogP contribution in [0, 0.1) is 0 Å². The molecule has 1 atom stereocenters. The van der Waals surface area contributed by atoms with E-state index in [-0.39, 0.29) is 17.1 Å². The van der Waals surface area contributed by atoms with Gasteiger partial charge in [0.2, 0.25) is 0 Å². The van der Waals surface area contributed by atoms with Crippen molar-refractivity contribution in [3.05, 3.63) is 64.8 Å². The van der Waals surface area contributed by atoms with Gasteiger partial charge in [-0.25, -0.2) is 9.78 Å². The molecule has 3 rings (SSSR count). The third kappa shape index (κ3) is 4.17. The quantitative estimate of drug-likeness (QED) is 0.500. The first-order chi connectivity index (χ1) is 13.4. The molecule has 3 heterocycles. The maximum atomic E-state index is 12.5. The lowest BCUT2D eigenvalue weighted by molar-refractivity contribution is -0.147. The Morgan fingerprint density at radius 2 is 2.04 bits per heavy atom. The van der Waals surface area contributed by atoms with E-state index in [4.69, 9.17) is 21.4 Å². The Kier molecular flexibility index (Phi) is 5.70. The zero-order chi connectivity index (χ0) is 20.3. The summed E-state index contributed by atoms with van der Waals surface area (Å²) in [6, 6.07) is 6.49. The molecule has 3 aromatic heterocycles. The lowest BCUT2D eigenvalue weighted by Crippen LogP contribution is -2.14. The van der Waals surface area contributed by atoms with Gasteiger partial charge >= 0.3 is 11.9 Å². The van der Waals surface area contributed by atoms with Crippen molar-refractivity contribution in [2.75, 3.05) is 0 Å². The number of hydrogen-bond donors (Lipinski definition) is 1. The smallest absolute Gasteiger partial charge is 0.337 e. The molecular weight excluding hydrogens is 384 g/mol. The van der Waals surface area contributed by atoms with Crippen LogP contribution in [0.2, 0.25) is 5.15 Å². The number of carbonyl (C=O) groups is 2. The molecule has 0 unspecified atom stereocenters. The number of ether oxygens (including phenoxy) is 1. The summed E-state index contributed by atoms with van der Waals surface area (Å²) in [6.45, 7) is 1.72. The number of aryl methyl sites for hydroxylation is 1. The van der Waals surface area contributed by atoms with E-state index in [0.717, 1.165) is 0 Å². The van der Waals surface area contributed by atoms with E-state index >= 15 is 0 Å². The van der Waals surface area contributed by atoms with Crippen LogP contribution in [0.15, 0.2) is 42.9 Å². The van der Waals surface area contributed by atoms with E-state index in [1.165, 1.54) is 12.3 Å². The number of halogens is 1. The molecule has 144 valence electrons. The minimum absolute atomic E-state index is 0.0313. The second kappa shape index (κ2) is 8.18. The summed E-state index contributed by atoms with van der Waals surface area (Å²) in [5.74, 6) is -1.52. The van der Waals surface area contributed by atoms with Crippen molar-refractivity contribution in [1.29, 1.82) is 0 Å². The number of rotatable bonds is 6. The Labute approximate surface area is 165 Å². The second-order valence-corrected chi connectivity index (χ2v) is 6.42. The van der Waals surface area contributed by atoms with Gasteiger partial charge in [0.1, 0.15) is 11.3 Å². The topological polar surface area (TPSA) is 107 Å². The zero-order valence-electron chi connectivity index (χ0n) is 15.2. The van der Waals surface area contributed by atoms with Gasteiger partial charge in [0, 0.05) is 30.6 Å². The Balaban J connectivity index is 1.77. The largest absolute Gasteiger partial charge is 0.478 e. The number of pyridine rings is 2. The van der Waals surface area contributed by atoms with E-state index in [9.17, 15) is 9.59 Å². The first-order valence-electron chi connectivity index (χ1n) is 8.37. The standard InChI is InChI=1S/C19H17ClN4O4/c1-11(13-4-3-7-21-18(13)20)28-17(25)8-16-14(10-23-24(16)2)15-6-5-12(9-22-15)19(26)27/h3-7,9-11H,8H2,1-2H3,(H,26,27)/t11-/m1/s1. The molecule has 28 heavy (non-hydrogen) atoms. The number of hydrogen-bond acceptors (Lipinski definition) is 6. The summed E-state index contributed by atoms with van der Waals surface area (Å²) in [4.78, 5) is 31.6. The van der Waals surface area contributed by atoms with Gasteiger partial charge in [-0.15, -0.1) is 0 Å². The van der Waals surface area contributed by atoms with Gasteiger partial charge in [0.05, 0.1) is 29.6 Å². The first-order valence-corrected chi connectivity index (χ1v) is 8.75. The minimum atomic E-state index is -1.06. The fraction of sp³-hybridized carbons (Fsp3) is 0.211. The normalized spacial score (nSPS) is 11.8. The number of aromatic nitrogens is 4. The van der Waals surface area contributed by atoms with Gasteiger partial charge in [-0.3, -0.25) is 14.5 Å². The van der Waals surface area contributed by atoms with Gasteiger partial charge in [0.15, 0.2) is 0 Å². The van der Waals surface area contributed by atoms with Crippen LogP contribution in [0.3, 0.4) is 0 Å². The van der Waals surface area contributed by atoms with Crippen LogP contribution in [-0.4, -0.2) is 36.8 Å².